The largest absolute Gasteiger partial charge is 0.423 e. The van der Waals surface area contributed by atoms with Crippen molar-refractivity contribution >= 4 is 5.97 Å². The first-order valence-electron chi connectivity index (χ1n) is 9.38. The first kappa shape index (κ1) is 18.9. The third-order valence-electron chi connectivity index (χ3n) is 4.66. The van der Waals surface area contributed by atoms with Gasteiger partial charge in [0.15, 0.2) is 0 Å². The second-order valence-electron chi connectivity index (χ2n) is 7.78. The predicted octanol–water partition coefficient (Wildman–Crippen LogP) is 5.99. The van der Waals surface area contributed by atoms with Crippen molar-refractivity contribution in [3.05, 3.63) is 101 Å². The molecular formula is C25H26O2. The number of hydrogen-bond donors (Lipinski definition) is 0. The topological polar surface area (TPSA) is 26.3 Å². The standard InChI is InChI=1S/C25H26O2/c1-25(2,3)22-15-9-10-16-23(22)27-24(26)21-14-8-7-13-20(21)18-17-19-11-5-4-6-12-19/h4-16H,17-18H2,1-3H3. The van der Waals surface area contributed by atoms with Crippen molar-refractivity contribution in [3.8, 4) is 5.75 Å². The molecule has 0 bridgehead atoms. The maximum absolute atomic E-state index is 12.9. The highest BCUT2D eigenvalue weighted by molar-refractivity contribution is 5.92. The number of hydrogen-bond acceptors (Lipinski definition) is 2. The number of benzene rings is 3. The number of carbonyl (C=O) groups excluding carboxylic acids is 1. The van der Waals surface area contributed by atoms with E-state index in [0.717, 1.165) is 24.0 Å². The Morgan fingerprint density at radius 1 is 0.778 bits per heavy atom. The minimum absolute atomic E-state index is 0.0936. The molecule has 0 amide bonds. The predicted molar refractivity (Wildman–Crippen MR) is 110 cm³/mol. The van der Waals surface area contributed by atoms with Gasteiger partial charge in [-0.1, -0.05) is 87.5 Å². The monoisotopic (exact) mass is 358 g/mol. The molecule has 0 N–H and O–H groups in total. The summed E-state index contributed by atoms with van der Waals surface area (Å²) < 4.78 is 5.81. The zero-order valence-electron chi connectivity index (χ0n) is 16.2. The smallest absolute Gasteiger partial charge is 0.343 e. The number of aryl methyl sites for hydroxylation is 2. The van der Waals surface area contributed by atoms with Gasteiger partial charge in [0.2, 0.25) is 0 Å². The molecule has 2 heteroatoms. The zero-order chi connectivity index (χ0) is 19.3. The molecule has 3 rings (SSSR count). The van der Waals surface area contributed by atoms with Crippen molar-refractivity contribution < 1.29 is 9.53 Å². The molecule has 0 heterocycles. The molecule has 3 aromatic rings. The lowest BCUT2D eigenvalue weighted by Crippen LogP contribution is -2.17. The van der Waals surface area contributed by atoms with E-state index in [-0.39, 0.29) is 11.4 Å². The Hall–Kier alpha value is -2.87. The highest BCUT2D eigenvalue weighted by atomic mass is 16.5. The second-order valence-corrected chi connectivity index (χ2v) is 7.78. The Bertz CT molecular complexity index is 905. The van der Waals surface area contributed by atoms with Gasteiger partial charge in [-0.25, -0.2) is 4.79 Å². The average Bonchev–Trinajstić information content (AvgIpc) is 2.67. The van der Waals surface area contributed by atoms with Gasteiger partial charge in [-0.3, -0.25) is 0 Å². The molecule has 0 aromatic heterocycles. The van der Waals surface area contributed by atoms with Gasteiger partial charge in [0.25, 0.3) is 0 Å². The number of rotatable bonds is 5. The van der Waals surface area contributed by atoms with E-state index < -0.39 is 0 Å². The lowest BCUT2D eigenvalue weighted by Gasteiger charge is -2.22. The molecule has 0 saturated heterocycles. The zero-order valence-corrected chi connectivity index (χ0v) is 16.2. The van der Waals surface area contributed by atoms with E-state index >= 15 is 0 Å². The van der Waals surface area contributed by atoms with Crippen LogP contribution in [0.25, 0.3) is 0 Å². The molecule has 138 valence electrons. The number of carbonyl (C=O) groups is 1. The van der Waals surface area contributed by atoms with E-state index in [1.807, 2.05) is 66.7 Å². The van der Waals surface area contributed by atoms with Crippen LogP contribution in [0.2, 0.25) is 0 Å². The van der Waals surface area contributed by atoms with Crippen LogP contribution in [-0.2, 0) is 18.3 Å². The maximum Gasteiger partial charge on any atom is 0.343 e. The van der Waals surface area contributed by atoms with Gasteiger partial charge in [0.1, 0.15) is 5.75 Å². The van der Waals surface area contributed by atoms with E-state index in [0.29, 0.717) is 11.3 Å². The van der Waals surface area contributed by atoms with Crippen molar-refractivity contribution in [3.63, 3.8) is 0 Å². The van der Waals surface area contributed by atoms with Crippen LogP contribution in [0.4, 0.5) is 0 Å². The Labute approximate surface area is 161 Å². The van der Waals surface area contributed by atoms with Crippen LogP contribution in [0.3, 0.4) is 0 Å². The molecule has 0 radical (unpaired) electrons. The minimum atomic E-state index is -0.296. The molecule has 0 unspecified atom stereocenters. The summed E-state index contributed by atoms with van der Waals surface area (Å²) in [6, 6.07) is 25.8. The van der Waals surface area contributed by atoms with Crippen molar-refractivity contribution in [2.75, 3.05) is 0 Å². The molecular weight excluding hydrogens is 332 g/mol. The van der Waals surface area contributed by atoms with Crippen LogP contribution in [0.1, 0.15) is 47.8 Å². The Morgan fingerprint density at radius 2 is 1.41 bits per heavy atom. The van der Waals surface area contributed by atoms with Gasteiger partial charge in [0.05, 0.1) is 5.56 Å². The third kappa shape index (κ3) is 4.85. The SMILES string of the molecule is CC(C)(C)c1ccccc1OC(=O)c1ccccc1CCc1ccccc1. The minimum Gasteiger partial charge on any atom is -0.423 e. The molecule has 2 nitrogen and oxygen atoms in total. The lowest BCUT2D eigenvalue weighted by atomic mass is 9.86. The molecule has 3 aromatic carbocycles. The van der Waals surface area contributed by atoms with Gasteiger partial charge < -0.3 is 4.74 Å². The number of ether oxygens (including phenoxy) is 1. The fourth-order valence-corrected chi connectivity index (χ4v) is 3.19. The summed E-state index contributed by atoms with van der Waals surface area (Å²) in [6.07, 6.45) is 1.69. The Kier molecular flexibility index (Phi) is 5.75. The van der Waals surface area contributed by atoms with Crippen molar-refractivity contribution in [1.29, 1.82) is 0 Å². The normalized spacial score (nSPS) is 11.2. The summed E-state index contributed by atoms with van der Waals surface area (Å²) in [4.78, 5) is 12.9. The molecule has 0 aliphatic carbocycles. The Balaban J connectivity index is 1.80. The highest BCUT2D eigenvalue weighted by Gasteiger charge is 2.21. The van der Waals surface area contributed by atoms with Gasteiger partial charge in [-0.2, -0.15) is 0 Å². The van der Waals surface area contributed by atoms with Gasteiger partial charge >= 0.3 is 5.97 Å². The summed E-state index contributed by atoms with van der Waals surface area (Å²) in [7, 11) is 0. The van der Waals surface area contributed by atoms with Crippen molar-refractivity contribution in [1.82, 2.24) is 0 Å². The van der Waals surface area contributed by atoms with E-state index in [2.05, 4.69) is 32.9 Å². The summed E-state index contributed by atoms with van der Waals surface area (Å²) in [5.74, 6) is 0.336. The van der Waals surface area contributed by atoms with Gasteiger partial charge in [0, 0.05) is 5.56 Å². The average molecular weight is 358 g/mol. The molecule has 0 saturated carbocycles. The van der Waals surface area contributed by atoms with Crippen LogP contribution in [0, 0.1) is 0 Å². The van der Waals surface area contributed by atoms with Crippen molar-refractivity contribution in [2.45, 2.75) is 39.0 Å². The fraction of sp³-hybridized carbons (Fsp3) is 0.240. The van der Waals surface area contributed by atoms with Crippen LogP contribution >= 0.6 is 0 Å². The van der Waals surface area contributed by atoms with E-state index in [9.17, 15) is 4.79 Å². The van der Waals surface area contributed by atoms with E-state index in [1.54, 1.807) is 0 Å². The fourth-order valence-electron chi connectivity index (χ4n) is 3.19. The summed E-state index contributed by atoms with van der Waals surface area (Å²) in [5.41, 5.74) is 3.85. The van der Waals surface area contributed by atoms with E-state index in [1.165, 1.54) is 5.56 Å². The molecule has 0 fully saturated rings. The second kappa shape index (κ2) is 8.22. The molecule has 0 aliphatic heterocycles. The Morgan fingerprint density at radius 3 is 2.15 bits per heavy atom. The number of para-hydroxylation sites is 1. The maximum atomic E-state index is 12.9. The first-order valence-corrected chi connectivity index (χ1v) is 9.38. The third-order valence-corrected chi connectivity index (χ3v) is 4.66. The van der Waals surface area contributed by atoms with Crippen LogP contribution in [-0.4, -0.2) is 5.97 Å². The molecule has 0 atom stereocenters. The van der Waals surface area contributed by atoms with Gasteiger partial charge in [-0.15, -0.1) is 0 Å². The van der Waals surface area contributed by atoms with Crippen LogP contribution in [0.15, 0.2) is 78.9 Å². The molecule has 27 heavy (non-hydrogen) atoms. The van der Waals surface area contributed by atoms with E-state index in [4.69, 9.17) is 4.74 Å². The summed E-state index contributed by atoms with van der Waals surface area (Å²) in [6.45, 7) is 6.36. The van der Waals surface area contributed by atoms with Crippen molar-refractivity contribution in [2.24, 2.45) is 0 Å². The van der Waals surface area contributed by atoms with Crippen LogP contribution in [0.5, 0.6) is 5.75 Å². The summed E-state index contributed by atoms with van der Waals surface area (Å²) in [5, 5.41) is 0. The lowest BCUT2D eigenvalue weighted by molar-refractivity contribution is 0.0730. The van der Waals surface area contributed by atoms with Gasteiger partial charge in [-0.05, 0) is 41.5 Å². The quantitative estimate of drug-likeness (QED) is 0.414. The first-order chi connectivity index (χ1) is 12.9. The molecule has 0 aliphatic rings. The molecule has 0 spiro atoms. The number of esters is 1. The highest BCUT2D eigenvalue weighted by Crippen LogP contribution is 2.31. The summed E-state index contributed by atoms with van der Waals surface area (Å²) >= 11 is 0. The van der Waals surface area contributed by atoms with Crippen LogP contribution < -0.4 is 4.74 Å².